The van der Waals surface area contributed by atoms with Gasteiger partial charge >= 0.3 is 0 Å². The third-order valence-corrected chi connectivity index (χ3v) is 5.22. The van der Waals surface area contributed by atoms with Gasteiger partial charge in [-0.1, -0.05) is 30.3 Å². The lowest BCUT2D eigenvalue weighted by atomic mass is 10.1. The van der Waals surface area contributed by atoms with Crippen LogP contribution in [0.5, 0.6) is 5.75 Å². The number of hydrogen-bond donors (Lipinski definition) is 2. The zero-order chi connectivity index (χ0) is 25.0. The van der Waals surface area contributed by atoms with Gasteiger partial charge in [-0.15, -0.1) is 0 Å². The van der Waals surface area contributed by atoms with Crippen LogP contribution in [0, 0.1) is 0 Å². The Morgan fingerprint density at radius 1 is 0.886 bits per heavy atom. The van der Waals surface area contributed by atoms with Crippen molar-refractivity contribution in [3.63, 3.8) is 0 Å². The first-order valence-electron chi connectivity index (χ1n) is 11.4. The summed E-state index contributed by atoms with van der Waals surface area (Å²) in [5.41, 5.74) is 2.34. The largest absolute Gasteiger partial charge is 0.491 e. The third kappa shape index (κ3) is 7.63. The highest BCUT2D eigenvalue weighted by Crippen LogP contribution is 2.19. The number of para-hydroxylation sites is 1. The maximum absolute atomic E-state index is 13.1. The first-order valence-corrected chi connectivity index (χ1v) is 11.8. The van der Waals surface area contributed by atoms with E-state index in [2.05, 4.69) is 10.6 Å². The molecular weight excluding hydrogens is 462 g/mol. The zero-order valence-electron chi connectivity index (χ0n) is 19.8. The van der Waals surface area contributed by atoms with Crippen molar-refractivity contribution in [2.45, 2.75) is 13.8 Å². The number of nitrogens with one attached hydrogen (secondary N) is 2. The topological polar surface area (TPSA) is 79.9 Å². The van der Waals surface area contributed by atoms with E-state index in [0.29, 0.717) is 48.9 Å². The summed E-state index contributed by atoms with van der Waals surface area (Å²) in [6, 6.07) is 23.3. The molecule has 0 aliphatic carbocycles. The second-order valence-electron chi connectivity index (χ2n) is 7.45. The van der Waals surface area contributed by atoms with Crippen LogP contribution in [0.25, 0.3) is 0 Å². The van der Waals surface area contributed by atoms with Gasteiger partial charge in [0.15, 0.2) is 5.11 Å². The van der Waals surface area contributed by atoms with Crippen molar-refractivity contribution in [2.75, 3.05) is 36.6 Å². The van der Waals surface area contributed by atoms with Crippen LogP contribution in [0.15, 0.2) is 78.9 Å². The molecule has 0 saturated carbocycles. The Bertz CT molecular complexity index is 1150. The molecule has 0 aromatic heterocycles. The van der Waals surface area contributed by atoms with Crippen LogP contribution in [-0.2, 0) is 4.74 Å². The van der Waals surface area contributed by atoms with E-state index in [4.69, 9.17) is 21.7 Å². The van der Waals surface area contributed by atoms with Crippen molar-refractivity contribution in [2.24, 2.45) is 0 Å². The fourth-order valence-corrected chi connectivity index (χ4v) is 3.58. The van der Waals surface area contributed by atoms with Gasteiger partial charge in [-0.3, -0.25) is 14.9 Å². The van der Waals surface area contributed by atoms with Crippen molar-refractivity contribution in [3.8, 4) is 5.75 Å². The smallest absolute Gasteiger partial charge is 0.258 e. The van der Waals surface area contributed by atoms with Crippen LogP contribution >= 0.6 is 12.2 Å². The Kier molecular flexibility index (Phi) is 9.77. The van der Waals surface area contributed by atoms with Gasteiger partial charge in [0.25, 0.3) is 11.8 Å². The first-order chi connectivity index (χ1) is 17.0. The van der Waals surface area contributed by atoms with E-state index in [1.807, 2.05) is 44.2 Å². The number of carbonyl (C=O) groups is 2. The molecule has 0 aliphatic rings. The molecular formula is C27H29N3O4S. The summed E-state index contributed by atoms with van der Waals surface area (Å²) < 4.78 is 10.9. The number of ether oxygens (including phenoxy) is 2. The highest BCUT2D eigenvalue weighted by molar-refractivity contribution is 7.80. The number of anilines is 2. The van der Waals surface area contributed by atoms with E-state index >= 15 is 0 Å². The number of nitrogens with zero attached hydrogens (tertiary/aromatic N) is 1. The average Bonchev–Trinajstić information content (AvgIpc) is 2.88. The second-order valence-corrected chi connectivity index (χ2v) is 7.86. The minimum Gasteiger partial charge on any atom is -0.491 e. The molecule has 7 nitrogen and oxygen atoms in total. The van der Waals surface area contributed by atoms with Gasteiger partial charge in [0.05, 0.1) is 6.61 Å². The fraction of sp³-hybridized carbons (Fsp3) is 0.222. The van der Waals surface area contributed by atoms with E-state index in [-0.39, 0.29) is 16.9 Å². The van der Waals surface area contributed by atoms with Crippen molar-refractivity contribution in [1.82, 2.24) is 5.32 Å². The molecule has 0 spiro atoms. The van der Waals surface area contributed by atoms with Crippen molar-refractivity contribution >= 4 is 40.5 Å². The van der Waals surface area contributed by atoms with Crippen LogP contribution in [0.2, 0.25) is 0 Å². The molecule has 8 heteroatoms. The van der Waals surface area contributed by atoms with Crippen LogP contribution in [0.3, 0.4) is 0 Å². The minimum atomic E-state index is -0.369. The Labute approximate surface area is 211 Å². The van der Waals surface area contributed by atoms with E-state index in [1.165, 1.54) is 0 Å². The maximum Gasteiger partial charge on any atom is 0.258 e. The molecule has 182 valence electrons. The normalized spacial score (nSPS) is 10.3. The van der Waals surface area contributed by atoms with E-state index < -0.39 is 0 Å². The quantitative estimate of drug-likeness (QED) is 0.310. The van der Waals surface area contributed by atoms with Gasteiger partial charge in [-0.2, -0.15) is 0 Å². The summed E-state index contributed by atoms with van der Waals surface area (Å²) in [5, 5.41) is 5.76. The predicted molar refractivity (Wildman–Crippen MR) is 142 cm³/mol. The number of carbonyl (C=O) groups excluding carboxylic acids is 2. The summed E-state index contributed by atoms with van der Waals surface area (Å²) in [6.07, 6.45) is 0. The highest BCUT2D eigenvalue weighted by Gasteiger charge is 2.16. The number of rotatable bonds is 10. The van der Waals surface area contributed by atoms with Gasteiger partial charge in [-0.05, 0) is 74.6 Å². The molecule has 0 unspecified atom stereocenters. The zero-order valence-corrected chi connectivity index (χ0v) is 20.6. The molecule has 3 aromatic carbocycles. The number of hydrogen-bond acceptors (Lipinski definition) is 5. The molecule has 2 N–H and O–H groups in total. The van der Waals surface area contributed by atoms with E-state index in [0.717, 1.165) is 5.69 Å². The Morgan fingerprint density at radius 2 is 1.63 bits per heavy atom. The Hall–Kier alpha value is -3.75. The molecule has 0 atom stereocenters. The van der Waals surface area contributed by atoms with Crippen molar-refractivity contribution < 1.29 is 19.1 Å². The molecule has 0 heterocycles. The van der Waals surface area contributed by atoms with Gasteiger partial charge in [-0.25, -0.2) is 0 Å². The molecule has 0 bridgehead atoms. The number of amides is 2. The van der Waals surface area contributed by atoms with Crippen LogP contribution in [0.4, 0.5) is 11.4 Å². The van der Waals surface area contributed by atoms with Gasteiger partial charge < -0.3 is 19.7 Å². The summed E-state index contributed by atoms with van der Waals surface area (Å²) in [5.74, 6) is 0.0750. The molecule has 0 fully saturated rings. The lowest BCUT2D eigenvalue weighted by Gasteiger charge is -2.21. The van der Waals surface area contributed by atoms with Crippen LogP contribution < -0.4 is 20.3 Å². The standard InChI is InChI=1S/C27H29N3O4S/c1-3-30(23-13-6-5-7-14-23)26(32)21-11-8-12-22(18-21)28-27(35)29-25(31)20-10-9-15-24(19-20)34-17-16-33-4-2/h5-15,18-19H,3-4,16-17H2,1-2H3,(H2,28,29,31,35). The molecule has 3 aromatic rings. The third-order valence-electron chi connectivity index (χ3n) is 5.02. The molecule has 35 heavy (non-hydrogen) atoms. The predicted octanol–water partition coefficient (Wildman–Crippen LogP) is 4.90. The van der Waals surface area contributed by atoms with Crippen LogP contribution in [-0.4, -0.2) is 43.3 Å². The molecule has 3 rings (SSSR count). The monoisotopic (exact) mass is 491 g/mol. The minimum absolute atomic E-state index is 0.123. The summed E-state index contributed by atoms with van der Waals surface area (Å²) >= 11 is 5.32. The van der Waals surface area contributed by atoms with Gasteiger partial charge in [0.2, 0.25) is 0 Å². The summed E-state index contributed by atoms with van der Waals surface area (Å²) in [4.78, 5) is 27.4. The van der Waals surface area contributed by atoms with Gasteiger partial charge in [0, 0.05) is 35.7 Å². The van der Waals surface area contributed by atoms with Crippen molar-refractivity contribution in [1.29, 1.82) is 0 Å². The lowest BCUT2D eigenvalue weighted by molar-refractivity contribution is 0.0972. The summed E-state index contributed by atoms with van der Waals surface area (Å²) in [6.45, 7) is 5.87. The second kappa shape index (κ2) is 13.2. The number of benzene rings is 3. The average molecular weight is 492 g/mol. The molecule has 0 aliphatic heterocycles. The maximum atomic E-state index is 13.1. The SMILES string of the molecule is CCOCCOc1cccc(C(=O)NC(=S)Nc2cccc(C(=O)N(CC)c3ccccc3)c2)c1. The van der Waals surface area contributed by atoms with Crippen molar-refractivity contribution in [3.05, 3.63) is 90.0 Å². The summed E-state index contributed by atoms with van der Waals surface area (Å²) in [7, 11) is 0. The fourth-order valence-electron chi connectivity index (χ4n) is 3.36. The number of thiocarbonyl (C=S) groups is 1. The Morgan fingerprint density at radius 3 is 2.37 bits per heavy atom. The molecule has 2 amide bonds. The first kappa shape index (κ1) is 25.9. The lowest BCUT2D eigenvalue weighted by Crippen LogP contribution is -2.34. The van der Waals surface area contributed by atoms with E-state index in [9.17, 15) is 9.59 Å². The van der Waals surface area contributed by atoms with Crippen LogP contribution in [0.1, 0.15) is 34.6 Å². The molecule has 0 radical (unpaired) electrons. The van der Waals surface area contributed by atoms with Gasteiger partial charge in [0.1, 0.15) is 12.4 Å². The molecule has 0 saturated heterocycles. The van der Waals surface area contributed by atoms with E-state index in [1.54, 1.807) is 53.4 Å². The Balaban J connectivity index is 1.61. The highest BCUT2D eigenvalue weighted by atomic mass is 32.1.